The maximum atomic E-state index is 5.70. The first kappa shape index (κ1) is 20.0. The third-order valence-electron chi connectivity index (χ3n) is 6.21. The molecule has 6 nitrogen and oxygen atoms in total. The first-order valence-corrected chi connectivity index (χ1v) is 10.3. The molecule has 2 aromatic heterocycles. The number of ether oxygens (including phenoxy) is 3. The van der Waals surface area contributed by atoms with Crippen molar-refractivity contribution in [1.29, 1.82) is 0 Å². The van der Waals surface area contributed by atoms with E-state index in [2.05, 4.69) is 48.9 Å². The molecule has 2 aromatic rings. The van der Waals surface area contributed by atoms with Crippen LogP contribution in [0.3, 0.4) is 0 Å². The van der Waals surface area contributed by atoms with E-state index in [0.29, 0.717) is 25.0 Å². The molecule has 0 aliphatic carbocycles. The molecule has 0 radical (unpaired) electrons. The van der Waals surface area contributed by atoms with Crippen molar-refractivity contribution in [1.82, 2.24) is 14.9 Å². The summed E-state index contributed by atoms with van der Waals surface area (Å²) >= 11 is 0. The van der Waals surface area contributed by atoms with Crippen LogP contribution in [0.2, 0.25) is 0 Å². The number of pyridine rings is 2. The number of aromatic nitrogens is 2. The Kier molecular flexibility index (Phi) is 5.15. The fourth-order valence-corrected chi connectivity index (χ4v) is 4.49. The number of hydrogen-bond acceptors (Lipinski definition) is 6. The van der Waals surface area contributed by atoms with E-state index >= 15 is 0 Å². The van der Waals surface area contributed by atoms with E-state index in [9.17, 15) is 0 Å². The molecule has 6 heteroatoms. The Bertz CT molecular complexity index is 899. The molecule has 4 rings (SSSR count). The molecule has 0 amide bonds. The van der Waals surface area contributed by atoms with Gasteiger partial charge in [-0.1, -0.05) is 6.92 Å². The molecule has 0 unspecified atom stereocenters. The van der Waals surface area contributed by atoms with Gasteiger partial charge >= 0.3 is 0 Å². The lowest BCUT2D eigenvalue weighted by Gasteiger charge is -2.37. The summed E-state index contributed by atoms with van der Waals surface area (Å²) in [6.07, 6.45) is 2.15. The van der Waals surface area contributed by atoms with Crippen molar-refractivity contribution in [2.75, 3.05) is 33.4 Å². The van der Waals surface area contributed by atoms with Gasteiger partial charge in [0.05, 0.1) is 18.3 Å². The Morgan fingerprint density at radius 1 is 1.17 bits per heavy atom. The Morgan fingerprint density at radius 3 is 2.76 bits per heavy atom. The Labute approximate surface area is 173 Å². The van der Waals surface area contributed by atoms with Gasteiger partial charge in [0.25, 0.3) is 5.88 Å². The van der Waals surface area contributed by atoms with Crippen LogP contribution in [0.15, 0.2) is 24.3 Å². The fraction of sp³-hybridized carbons (Fsp3) is 0.565. The molecular formula is C23H31N3O3. The zero-order valence-corrected chi connectivity index (χ0v) is 18.1. The van der Waals surface area contributed by atoms with Gasteiger partial charge < -0.3 is 14.2 Å². The average Bonchev–Trinajstić information content (AvgIpc) is 3.09. The SMILES string of the molecule is COc1cc(C[C@@]2(C)CCN(C(C)(C)c3ccc4c(n3)OCCO4)C2)cc(C)n1. The molecule has 0 N–H and O–H groups in total. The molecule has 1 saturated heterocycles. The summed E-state index contributed by atoms with van der Waals surface area (Å²) in [7, 11) is 1.67. The number of likely N-dealkylation sites (tertiary alicyclic amines) is 1. The first-order valence-electron chi connectivity index (χ1n) is 10.3. The van der Waals surface area contributed by atoms with E-state index in [1.165, 1.54) is 5.56 Å². The van der Waals surface area contributed by atoms with E-state index in [1.54, 1.807) is 7.11 Å². The summed E-state index contributed by atoms with van der Waals surface area (Å²) in [5.74, 6) is 2.05. The van der Waals surface area contributed by atoms with Gasteiger partial charge in [-0.3, -0.25) is 4.90 Å². The minimum absolute atomic E-state index is 0.181. The molecular weight excluding hydrogens is 366 g/mol. The van der Waals surface area contributed by atoms with Gasteiger partial charge in [0.1, 0.15) is 13.2 Å². The third-order valence-corrected chi connectivity index (χ3v) is 6.21. The van der Waals surface area contributed by atoms with Crippen molar-refractivity contribution < 1.29 is 14.2 Å². The topological polar surface area (TPSA) is 56.7 Å². The minimum atomic E-state index is -0.181. The predicted molar refractivity (Wildman–Crippen MR) is 112 cm³/mol. The maximum absolute atomic E-state index is 5.70. The van der Waals surface area contributed by atoms with Gasteiger partial charge in [-0.15, -0.1) is 0 Å². The van der Waals surface area contributed by atoms with Crippen LogP contribution in [0.5, 0.6) is 17.5 Å². The van der Waals surface area contributed by atoms with E-state index in [1.807, 2.05) is 13.0 Å². The van der Waals surface area contributed by atoms with Gasteiger partial charge in [-0.05, 0) is 69.3 Å². The second-order valence-corrected chi connectivity index (χ2v) is 9.07. The second kappa shape index (κ2) is 7.48. The fourth-order valence-electron chi connectivity index (χ4n) is 4.49. The first-order chi connectivity index (χ1) is 13.8. The monoisotopic (exact) mass is 397 g/mol. The van der Waals surface area contributed by atoms with Crippen LogP contribution in [0.1, 0.15) is 44.1 Å². The minimum Gasteiger partial charge on any atom is -0.484 e. The smallest absolute Gasteiger partial charge is 0.257 e. The predicted octanol–water partition coefficient (Wildman–Crippen LogP) is 3.75. The van der Waals surface area contributed by atoms with Crippen LogP contribution >= 0.6 is 0 Å². The van der Waals surface area contributed by atoms with E-state index in [-0.39, 0.29) is 11.0 Å². The van der Waals surface area contributed by atoms with Gasteiger partial charge in [0, 0.05) is 18.3 Å². The Hall–Kier alpha value is -2.34. The highest BCUT2D eigenvalue weighted by Gasteiger charge is 2.42. The molecule has 0 aromatic carbocycles. The number of nitrogens with zero attached hydrogens (tertiary/aromatic N) is 3. The van der Waals surface area contributed by atoms with Crippen LogP contribution < -0.4 is 14.2 Å². The Balaban J connectivity index is 1.51. The van der Waals surface area contributed by atoms with Crippen LogP contribution in [0.25, 0.3) is 0 Å². The van der Waals surface area contributed by atoms with Gasteiger partial charge in [0.2, 0.25) is 5.88 Å². The van der Waals surface area contributed by atoms with E-state index < -0.39 is 0 Å². The molecule has 2 aliphatic heterocycles. The van der Waals surface area contributed by atoms with E-state index in [0.717, 1.165) is 43.1 Å². The molecule has 0 bridgehead atoms. The number of aryl methyl sites for hydroxylation is 1. The van der Waals surface area contributed by atoms with Gasteiger partial charge in [0.15, 0.2) is 5.75 Å². The van der Waals surface area contributed by atoms with Crippen molar-refractivity contribution >= 4 is 0 Å². The lowest BCUT2D eigenvalue weighted by atomic mass is 9.82. The number of fused-ring (bicyclic) bond motifs is 1. The average molecular weight is 398 g/mol. The maximum Gasteiger partial charge on any atom is 0.257 e. The highest BCUT2D eigenvalue weighted by atomic mass is 16.6. The van der Waals surface area contributed by atoms with Crippen LogP contribution in [-0.2, 0) is 12.0 Å². The molecule has 156 valence electrons. The molecule has 29 heavy (non-hydrogen) atoms. The summed E-state index contributed by atoms with van der Waals surface area (Å²) in [6, 6.07) is 8.29. The molecule has 0 saturated carbocycles. The highest BCUT2D eigenvalue weighted by molar-refractivity contribution is 5.37. The lowest BCUT2D eigenvalue weighted by molar-refractivity contribution is 0.125. The van der Waals surface area contributed by atoms with Crippen LogP contribution in [-0.4, -0.2) is 48.3 Å². The third kappa shape index (κ3) is 4.04. The number of methoxy groups -OCH3 is 1. The molecule has 1 fully saturated rings. The standard InChI is InChI=1S/C23H31N3O3/c1-16-12-17(13-20(24-16)27-5)14-23(4)8-9-26(15-23)22(2,3)19-7-6-18-21(25-19)29-11-10-28-18/h6-7,12-13H,8-11,14-15H2,1-5H3/t23-/m1/s1. The molecule has 4 heterocycles. The summed E-state index contributed by atoms with van der Waals surface area (Å²) in [5.41, 5.74) is 3.32. The zero-order valence-electron chi connectivity index (χ0n) is 18.1. The largest absolute Gasteiger partial charge is 0.484 e. The number of hydrogen-bond donors (Lipinski definition) is 0. The zero-order chi connectivity index (χ0) is 20.6. The van der Waals surface area contributed by atoms with Gasteiger partial charge in [-0.2, -0.15) is 0 Å². The quantitative estimate of drug-likeness (QED) is 0.766. The summed E-state index contributed by atoms with van der Waals surface area (Å²) in [6.45, 7) is 12.1. The lowest BCUT2D eigenvalue weighted by Crippen LogP contribution is -2.42. The van der Waals surface area contributed by atoms with Crippen molar-refractivity contribution in [3.63, 3.8) is 0 Å². The number of rotatable bonds is 5. The van der Waals surface area contributed by atoms with E-state index in [4.69, 9.17) is 19.2 Å². The summed E-state index contributed by atoms with van der Waals surface area (Å²) in [4.78, 5) is 11.7. The van der Waals surface area contributed by atoms with Crippen molar-refractivity contribution in [3.8, 4) is 17.5 Å². The Morgan fingerprint density at radius 2 is 1.97 bits per heavy atom. The second-order valence-electron chi connectivity index (χ2n) is 9.07. The highest BCUT2D eigenvalue weighted by Crippen LogP contribution is 2.41. The van der Waals surface area contributed by atoms with Crippen LogP contribution in [0, 0.1) is 12.3 Å². The summed E-state index contributed by atoms with van der Waals surface area (Å²) < 4.78 is 16.7. The van der Waals surface area contributed by atoms with Crippen molar-refractivity contribution in [3.05, 3.63) is 41.2 Å². The normalized spacial score (nSPS) is 22.0. The van der Waals surface area contributed by atoms with Crippen molar-refractivity contribution in [2.24, 2.45) is 5.41 Å². The molecule has 0 spiro atoms. The van der Waals surface area contributed by atoms with Crippen LogP contribution in [0.4, 0.5) is 0 Å². The summed E-state index contributed by atoms with van der Waals surface area (Å²) in [5, 5.41) is 0. The molecule has 2 aliphatic rings. The van der Waals surface area contributed by atoms with Gasteiger partial charge in [-0.25, -0.2) is 9.97 Å². The molecule has 1 atom stereocenters. The van der Waals surface area contributed by atoms with Crippen molar-refractivity contribution in [2.45, 2.75) is 46.1 Å².